The van der Waals surface area contributed by atoms with Gasteiger partial charge in [-0.2, -0.15) is 11.8 Å². The lowest BCUT2D eigenvalue weighted by atomic mass is 10.0. The van der Waals surface area contributed by atoms with Crippen LogP contribution in [0.2, 0.25) is 0 Å². The normalized spacial score (nSPS) is 22.0. The Balaban J connectivity index is 1.54. The second-order valence-corrected chi connectivity index (χ2v) is 6.50. The Kier molecular flexibility index (Phi) is 4.63. The molecule has 1 saturated heterocycles. The number of rotatable bonds is 4. The van der Waals surface area contributed by atoms with Crippen LogP contribution in [0.4, 0.5) is 5.69 Å². The van der Waals surface area contributed by atoms with Crippen LogP contribution in [0, 0.1) is 0 Å². The Morgan fingerprint density at radius 2 is 2.13 bits per heavy atom. The summed E-state index contributed by atoms with van der Waals surface area (Å²) in [6, 6.07) is 4.96. The predicted molar refractivity (Wildman–Crippen MR) is 85.9 cm³/mol. The molecule has 1 atom stereocenters. The lowest BCUT2D eigenvalue weighted by Gasteiger charge is -2.26. The average Bonchev–Trinajstić information content (AvgIpc) is 3.21. The van der Waals surface area contributed by atoms with Gasteiger partial charge < -0.3 is 24.8 Å². The minimum absolute atomic E-state index is 0.157. The summed E-state index contributed by atoms with van der Waals surface area (Å²) >= 11 is 1.78. The highest BCUT2D eigenvalue weighted by atomic mass is 32.2. The van der Waals surface area contributed by atoms with Crippen molar-refractivity contribution in [1.29, 1.82) is 0 Å². The van der Waals surface area contributed by atoms with Crippen LogP contribution in [0.5, 0.6) is 11.5 Å². The summed E-state index contributed by atoms with van der Waals surface area (Å²) < 4.78 is 15.9. The number of hydrogen-bond acceptors (Lipinski definition) is 6. The fourth-order valence-corrected chi connectivity index (χ4v) is 3.84. The number of carbonyl (C=O) groups excluding carboxylic acids is 2. The zero-order valence-corrected chi connectivity index (χ0v) is 13.5. The first-order valence-electron chi connectivity index (χ1n) is 7.24. The highest BCUT2D eigenvalue weighted by molar-refractivity contribution is 7.99. The van der Waals surface area contributed by atoms with Crippen LogP contribution in [0.15, 0.2) is 18.2 Å². The summed E-state index contributed by atoms with van der Waals surface area (Å²) in [5.41, 5.74) is 0.103. The Morgan fingerprint density at radius 3 is 2.87 bits per heavy atom. The van der Waals surface area contributed by atoms with Crippen molar-refractivity contribution in [3.05, 3.63) is 18.2 Å². The molecule has 0 spiro atoms. The van der Waals surface area contributed by atoms with E-state index in [0.29, 0.717) is 23.7 Å². The maximum absolute atomic E-state index is 12.0. The van der Waals surface area contributed by atoms with E-state index in [1.54, 1.807) is 37.1 Å². The number of anilines is 1. The molecule has 0 bridgehead atoms. The molecule has 0 unspecified atom stereocenters. The third-order valence-electron chi connectivity index (χ3n) is 3.91. The highest BCUT2D eigenvalue weighted by Gasteiger charge is 2.35. The third kappa shape index (κ3) is 3.53. The quantitative estimate of drug-likeness (QED) is 0.797. The van der Waals surface area contributed by atoms with Crippen molar-refractivity contribution in [2.45, 2.75) is 12.0 Å². The van der Waals surface area contributed by atoms with Gasteiger partial charge in [0, 0.05) is 31.2 Å². The molecule has 2 amide bonds. The number of fused-ring (bicyclic) bond motifs is 1. The largest absolute Gasteiger partial charge is 0.454 e. The second-order valence-electron chi connectivity index (χ2n) is 5.39. The molecular formula is C15H18N2O5S. The van der Waals surface area contributed by atoms with Gasteiger partial charge in [0.1, 0.15) is 0 Å². The predicted octanol–water partition coefficient (Wildman–Crippen LogP) is 0.992. The summed E-state index contributed by atoms with van der Waals surface area (Å²) in [5.74, 6) is 1.57. The number of thioether (sulfide) groups is 1. The molecular weight excluding hydrogens is 320 g/mol. The fourth-order valence-electron chi connectivity index (χ4n) is 2.44. The molecule has 0 radical (unpaired) electrons. The molecule has 0 saturated carbocycles. The van der Waals surface area contributed by atoms with Gasteiger partial charge in [-0.25, -0.2) is 0 Å². The van der Waals surface area contributed by atoms with E-state index in [9.17, 15) is 9.59 Å². The SMILES string of the molecule is CO[C@@]1(CNC(=O)C(=O)Nc2ccc3c(c2)OCO3)CCSC1. The maximum atomic E-state index is 12.0. The molecule has 2 heterocycles. The Morgan fingerprint density at radius 1 is 1.30 bits per heavy atom. The van der Waals surface area contributed by atoms with Crippen LogP contribution in [-0.2, 0) is 14.3 Å². The van der Waals surface area contributed by atoms with E-state index in [4.69, 9.17) is 14.2 Å². The molecule has 0 aliphatic carbocycles. The number of benzene rings is 1. The molecule has 1 fully saturated rings. The molecule has 0 aromatic heterocycles. The lowest BCUT2D eigenvalue weighted by Crippen LogP contribution is -2.47. The van der Waals surface area contributed by atoms with Gasteiger partial charge >= 0.3 is 11.8 Å². The molecule has 2 N–H and O–H groups in total. The lowest BCUT2D eigenvalue weighted by molar-refractivity contribution is -0.136. The molecule has 8 heteroatoms. The van der Waals surface area contributed by atoms with Gasteiger partial charge in [0.05, 0.1) is 5.60 Å². The van der Waals surface area contributed by atoms with E-state index < -0.39 is 11.8 Å². The van der Waals surface area contributed by atoms with Crippen molar-refractivity contribution in [3.8, 4) is 11.5 Å². The van der Waals surface area contributed by atoms with Crippen LogP contribution < -0.4 is 20.1 Å². The van der Waals surface area contributed by atoms with Gasteiger partial charge in [-0.15, -0.1) is 0 Å². The van der Waals surface area contributed by atoms with Crippen molar-refractivity contribution in [1.82, 2.24) is 5.32 Å². The van der Waals surface area contributed by atoms with E-state index in [0.717, 1.165) is 17.9 Å². The molecule has 23 heavy (non-hydrogen) atoms. The number of nitrogens with one attached hydrogen (secondary N) is 2. The molecule has 2 aliphatic heterocycles. The molecule has 2 aliphatic rings. The van der Waals surface area contributed by atoms with E-state index >= 15 is 0 Å². The van der Waals surface area contributed by atoms with E-state index in [-0.39, 0.29) is 12.4 Å². The van der Waals surface area contributed by atoms with Gasteiger partial charge in [-0.1, -0.05) is 0 Å². The van der Waals surface area contributed by atoms with E-state index in [1.807, 2.05) is 0 Å². The first-order chi connectivity index (χ1) is 11.1. The fraction of sp³-hybridized carbons (Fsp3) is 0.467. The average molecular weight is 338 g/mol. The zero-order chi connectivity index (χ0) is 16.3. The van der Waals surface area contributed by atoms with Gasteiger partial charge in [-0.3, -0.25) is 9.59 Å². The molecule has 124 valence electrons. The van der Waals surface area contributed by atoms with Crippen molar-refractivity contribution in [3.63, 3.8) is 0 Å². The maximum Gasteiger partial charge on any atom is 0.313 e. The monoisotopic (exact) mass is 338 g/mol. The van der Waals surface area contributed by atoms with Crippen LogP contribution in [-0.4, -0.2) is 49.4 Å². The molecule has 1 aromatic carbocycles. The number of carbonyl (C=O) groups is 2. The Hall–Kier alpha value is -1.93. The summed E-state index contributed by atoms with van der Waals surface area (Å²) in [7, 11) is 1.63. The van der Waals surface area contributed by atoms with Crippen LogP contribution >= 0.6 is 11.8 Å². The Bertz CT molecular complexity index is 616. The smallest absolute Gasteiger partial charge is 0.313 e. The van der Waals surface area contributed by atoms with Crippen molar-refractivity contribution in [2.75, 3.05) is 37.3 Å². The highest BCUT2D eigenvalue weighted by Crippen LogP contribution is 2.34. The standard InChI is InChI=1S/C15H18N2O5S/c1-20-15(4-5-23-8-15)7-16-13(18)14(19)17-10-2-3-11-12(6-10)22-9-21-11/h2-3,6H,4-5,7-9H2,1H3,(H,16,18)(H,17,19)/t15-/m1/s1. The summed E-state index contributed by atoms with van der Waals surface area (Å²) in [5, 5.41) is 5.19. The van der Waals surface area contributed by atoms with Crippen LogP contribution in [0.25, 0.3) is 0 Å². The van der Waals surface area contributed by atoms with E-state index in [2.05, 4.69) is 10.6 Å². The number of ether oxygens (including phenoxy) is 3. The summed E-state index contributed by atoms with van der Waals surface area (Å²) in [4.78, 5) is 23.9. The van der Waals surface area contributed by atoms with Crippen LogP contribution in [0.3, 0.4) is 0 Å². The second kappa shape index (κ2) is 6.67. The van der Waals surface area contributed by atoms with Crippen LogP contribution in [0.1, 0.15) is 6.42 Å². The first-order valence-corrected chi connectivity index (χ1v) is 8.39. The number of hydrogen-bond donors (Lipinski definition) is 2. The van der Waals surface area contributed by atoms with Gasteiger partial charge in [0.15, 0.2) is 11.5 Å². The summed E-state index contributed by atoms with van der Waals surface area (Å²) in [6.45, 7) is 0.480. The number of amides is 2. The van der Waals surface area contributed by atoms with Gasteiger partial charge in [0.25, 0.3) is 0 Å². The molecule has 3 rings (SSSR count). The van der Waals surface area contributed by atoms with Gasteiger partial charge in [-0.05, 0) is 24.3 Å². The minimum Gasteiger partial charge on any atom is -0.454 e. The third-order valence-corrected chi connectivity index (χ3v) is 5.13. The molecule has 1 aromatic rings. The van der Waals surface area contributed by atoms with Gasteiger partial charge in [0.2, 0.25) is 6.79 Å². The zero-order valence-electron chi connectivity index (χ0n) is 12.7. The Labute approximate surface area is 138 Å². The first kappa shape index (κ1) is 15.9. The summed E-state index contributed by atoms with van der Waals surface area (Å²) in [6.07, 6.45) is 0.859. The topological polar surface area (TPSA) is 85.9 Å². The minimum atomic E-state index is -0.722. The molecule has 7 nitrogen and oxygen atoms in total. The van der Waals surface area contributed by atoms with Crippen molar-refractivity contribution >= 4 is 29.3 Å². The van der Waals surface area contributed by atoms with Crippen molar-refractivity contribution < 1.29 is 23.8 Å². The van der Waals surface area contributed by atoms with E-state index in [1.165, 1.54) is 0 Å². The van der Waals surface area contributed by atoms with Crippen molar-refractivity contribution in [2.24, 2.45) is 0 Å². The number of methoxy groups -OCH3 is 1.